The van der Waals surface area contributed by atoms with Crippen LogP contribution in [0.2, 0.25) is 0 Å². The number of methoxy groups -OCH3 is 1. The second-order valence-corrected chi connectivity index (χ2v) is 8.88. The Morgan fingerprint density at radius 1 is 1.00 bits per heavy atom. The molecule has 0 amide bonds. The number of sulfone groups is 1. The molecule has 0 spiro atoms. The van der Waals surface area contributed by atoms with Gasteiger partial charge in [0.25, 0.3) is 0 Å². The normalized spacial score (nSPS) is 11.3. The molecule has 3 aromatic rings. The Bertz CT molecular complexity index is 1200. The van der Waals surface area contributed by atoms with Crippen molar-refractivity contribution in [3.8, 4) is 5.75 Å². The van der Waals surface area contributed by atoms with Gasteiger partial charge in [-0.15, -0.1) is 0 Å². The molecule has 30 heavy (non-hydrogen) atoms. The lowest BCUT2D eigenvalue weighted by atomic mass is 9.91. The highest BCUT2D eigenvalue weighted by Crippen LogP contribution is 2.37. The summed E-state index contributed by atoms with van der Waals surface area (Å²) in [6, 6.07) is 15.3. The molecular weight excluding hydrogens is 402 g/mol. The van der Waals surface area contributed by atoms with Gasteiger partial charge in [-0.25, -0.2) is 13.2 Å². The highest BCUT2D eigenvalue weighted by Gasteiger charge is 2.30. The van der Waals surface area contributed by atoms with Gasteiger partial charge in [0.1, 0.15) is 5.75 Å². The molecule has 0 heterocycles. The molecule has 6 nitrogen and oxygen atoms in total. The number of rotatable bonds is 6. The molecule has 0 aliphatic carbocycles. The number of nitrogen functional groups attached to an aromatic ring is 1. The fourth-order valence-electron chi connectivity index (χ4n) is 3.59. The van der Waals surface area contributed by atoms with Crippen LogP contribution in [0.3, 0.4) is 0 Å². The van der Waals surface area contributed by atoms with E-state index < -0.39 is 15.8 Å². The molecule has 0 saturated carbocycles. The molecule has 3 rings (SSSR count). The molecule has 0 saturated heterocycles. The number of carboxylic acid groups (broad SMARTS) is 1. The van der Waals surface area contributed by atoms with Gasteiger partial charge in [0.2, 0.25) is 9.84 Å². The first kappa shape index (κ1) is 21.4. The van der Waals surface area contributed by atoms with E-state index in [2.05, 4.69) is 0 Å². The van der Waals surface area contributed by atoms with Crippen molar-refractivity contribution in [1.82, 2.24) is 0 Å². The van der Waals surface area contributed by atoms with E-state index in [-0.39, 0.29) is 26.6 Å². The van der Waals surface area contributed by atoms with Crippen molar-refractivity contribution in [2.24, 2.45) is 0 Å². The zero-order valence-electron chi connectivity index (χ0n) is 17.0. The van der Waals surface area contributed by atoms with Gasteiger partial charge in [0, 0.05) is 0 Å². The van der Waals surface area contributed by atoms with Crippen molar-refractivity contribution in [1.29, 1.82) is 0 Å². The van der Waals surface area contributed by atoms with Crippen molar-refractivity contribution >= 4 is 21.5 Å². The third-order valence-corrected chi connectivity index (χ3v) is 7.15. The summed E-state index contributed by atoms with van der Waals surface area (Å²) in [7, 11) is -2.55. The van der Waals surface area contributed by atoms with Gasteiger partial charge in [0.15, 0.2) is 0 Å². The lowest BCUT2D eigenvalue weighted by molar-refractivity contribution is 0.0694. The van der Waals surface area contributed by atoms with E-state index in [0.717, 1.165) is 5.56 Å². The highest BCUT2D eigenvalue weighted by molar-refractivity contribution is 7.91. The lowest BCUT2D eigenvalue weighted by Gasteiger charge is -2.20. The number of benzene rings is 3. The minimum atomic E-state index is -4.04. The van der Waals surface area contributed by atoms with Crippen molar-refractivity contribution in [3.05, 3.63) is 82.4 Å². The van der Waals surface area contributed by atoms with Crippen LogP contribution in [-0.2, 0) is 16.3 Å². The molecule has 0 fully saturated rings. The van der Waals surface area contributed by atoms with Crippen LogP contribution in [0.4, 0.5) is 5.69 Å². The van der Waals surface area contributed by atoms with Gasteiger partial charge < -0.3 is 15.6 Å². The Hall–Kier alpha value is -3.32. The first-order chi connectivity index (χ1) is 14.2. The summed E-state index contributed by atoms with van der Waals surface area (Å²) in [6.45, 7) is 3.15. The summed E-state index contributed by atoms with van der Waals surface area (Å²) in [5.41, 5.74) is 8.33. The Labute approximate surface area is 175 Å². The van der Waals surface area contributed by atoms with Gasteiger partial charge in [0.05, 0.1) is 28.2 Å². The second kappa shape index (κ2) is 8.20. The molecule has 0 atom stereocenters. The first-order valence-electron chi connectivity index (χ1n) is 9.26. The zero-order chi connectivity index (χ0) is 22.1. The van der Waals surface area contributed by atoms with E-state index in [1.54, 1.807) is 6.92 Å². The van der Waals surface area contributed by atoms with Crippen LogP contribution in [0.5, 0.6) is 5.75 Å². The highest BCUT2D eigenvalue weighted by atomic mass is 32.2. The van der Waals surface area contributed by atoms with Crippen LogP contribution < -0.4 is 10.5 Å². The number of ether oxygens (including phenoxy) is 1. The number of carboxylic acids is 1. The van der Waals surface area contributed by atoms with Crippen LogP contribution in [-0.4, -0.2) is 26.6 Å². The Kier molecular flexibility index (Phi) is 5.85. The van der Waals surface area contributed by atoms with Gasteiger partial charge >= 0.3 is 5.97 Å². The molecule has 7 heteroatoms. The average molecular weight is 426 g/mol. The Morgan fingerprint density at radius 3 is 2.13 bits per heavy atom. The quantitative estimate of drug-likeness (QED) is 0.578. The molecule has 0 bridgehead atoms. The van der Waals surface area contributed by atoms with Gasteiger partial charge in [-0.1, -0.05) is 30.3 Å². The van der Waals surface area contributed by atoms with Gasteiger partial charge in [-0.05, 0) is 66.8 Å². The molecule has 3 N–H and O–H groups in total. The van der Waals surface area contributed by atoms with E-state index in [9.17, 15) is 18.3 Å². The SMILES string of the molecule is COc1ccc(S(=O)(=O)c2c(C)c(C(=O)O)c(Cc3ccccc3)c(C)c2N)cc1. The molecule has 156 valence electrons. The third kappa shape index (κ3) is 3.76. The summed E-state index contributed by atoms with van der Waals surface area (Å²) >= 11 is 0. The minimum Gasteiger partial charge on any atom is -0.497 e. The maximum Gasteiger partial charge on any atom is 0.336 e. The van der Waals surface area contributed by atoms with Gasteiger partial charge in [-0.3, -0.25) is 0 Å². The number of nitrogens with two attached hydrogens (primary N) is 1. The summed E-state index contributed by atoms with van der Waals surface area (Å²) in [6.07, 6.45) is 0.336. The van der Waals surface area contributed by atoms with Crippen molar-refractivity contribution in [2.45, 2.75) is 30.1 Å². The summed E-state index contributed by atoms with van der Waals surface area (Å²) in [4.78, 5) is 12.0. The van der Waals surface area contributed by atoms with Crippen LogP contribution in [0, 0.1) is 13.8 Å². The molecule has 3 aromatic carbocycles. The number of aromatic carboxylic acids is 1. The predicted molar refractivity (Wildman–Crippen MR) is 115 cm³/mol. The van der Waals surface area contributed by atoms with Crippen LogP contribution in [0.1, 0.15) is 32.6 Å². The molecular formula is C23H23NO5S. The van der Waals surface area contributed by atoms with E-state index in [1.807, 2.05) is 30.3 Å². The second-order valence-electron chi connectivity index (χ2n) is 6.99. The van der Waals surface area contributed by atoms with E-state index in [4.69, 9.17) is 10.5 Å². The standard InChI is InChI=1S/C23H23NO5S/c1-14-19(13-16-7-5-4-6-8-16)20(23(25)26)15(2)22(21(14)24)30(27,28)18-11-9-17(29-3)10-12-18/h4-12H,13,24H2,1-3H3,(H,25,26). The van der Waals surface area contributed by atoms with Crippen LogP contribution >= 0.6 is 0 Å². The molecule has 0 radical (unpaired) electrons. The summed E-state index contributed by atoms with van der Waals surface area (Å²) in [5.74, 6) is -0.674. The molecule has 0 unspecified atom stereocenters. The zero-order valence-corrected chi connectivity index (χ0v) is 17.8. The third-order valence-electron chi connectivity index (χ3n) is 5.19. The van der Waals surface area contributed by atoms with E-state index >= 15 is 0 Å². The number of carbonyl (C=O) groups is 1. The molecule has 0 aliphatic heterocycles. The maximum absolute atomic E-state index is 13.4. The summed E-state index contributed by atoms with van der Waals surface area (Å²) < 4.78 is 31.8. The summed E-state index contributed by atoms with van der Waals surface area (Å²) in [5, 5.41) is 9.92. The number of anilines is 1. The van der Waals surface area contributed by atoms with Crippen molar-refractivity contribution < 1.29 is 23.1 Å². The largest absolute Gasteiger partial charge is 0.497 e. The molecule has 0 aliphatic rings. The Morgan fingerprint density at radius 2 is 1.60 bits per heavy atom. The maximum atomic E-state index is 13.4. The molecule has 0 aromatic heterocycles. The van der Waals surface area contributed by atoms with Gasteiger partial charge in [-0.2, -0.15) is 0 Å². The van der Waals surface area contributed by atoms with Crippen LogP contribution in [0.15, 0.2) is 64.4 Å². The monoisotopic (exact) mass is 425 g/mol. The smallest absolute Gasteiger partial charge is 0.336 e. The van der Waals surface area contributed by atoms with Crippen LogP contribution in [0.25, 0.3) is 0 Å². The number of hydrogen-bond donors (Lipinski definition) is 2. The van der Waals surface area contributed by atoms with E-state index in [0.29, 0.717) is 23.3 Å². The topological polar surface area (TPSA) is 107 Å². The average Bonchev–Trinajstić information content (AvgIpc) is 2.72. The first-order valence-corrected chi connectivity index (χ1v) is 10.7. The Balaban J connectivity index is 2.25. The lowest BCUT2D eigenvalue weighted by Crippen LogP contribution is -2.17. The van der Waals surface area contributed by atoms with Crippen molar-refractivity contribution in [3.63, 3.8) is 0 Å². The van der Waals surface area contributed by atoms with E-state index in [1.165, 1.54) is 38.3 Å². The number of hydrogen-bond acceptors (Lipinski definition) is 5. The minimum absolute atomic E-state index is 0.0182. The predicted octanol–water partition coefficient (Wildman–Crippen LogP) is 4.02. The van der Waals surface area contributed by atoms with Crippen molar-refractivity contribution in [2.75, 3.05) is 12.8 Å². The fourth-order valence-corrected chi connectivity index (χ4v) is 5.27. The fraction of sp³-hybridized carbons (Fsp3) is 0.174.